The normalized spacial score (nSPS) is 5.64. The second kappa shape index (κ2) is 110. The third-order valence-corrected chi connectivity index (χ3v) is 0. The summed E-state index contributed by atoms with van der Waals surface area (Å²) in [6, 6.07) is 0. The fourth-order valence-corrected chi connectivity index (χ4v) is 0. The van der Waals surface area contributed by atoms with Crippen molar-refractivity contribution >= 4 is 54.6 Å². The van der Waals surface area contributed by atoms with Crippen LogP contribution in [-0.4, -0.2) is 40.0 Å². The van der Waals surface area contributed by atoms with Gasteiger partial charge >= 0.3 is 114 Å². The second-order valence-corrected chi connectivity index (χ2v) is 13.4. The molecule has 0 heterocycles. The maximum absolute atomic E-state index is 7.50. The first-order valence-electron chi connectivity index (χ1n) is 4.03. The van der Waals surface area contributed by atoms with Crippen molar-refractivity contribution in [2.45, 2.75) is 0 Å². The molecular formula is C10H18Cl4O4P2Ru2. The molecule has 0 bridgehead atoms. The van der Waals surface area contributed by atoms with Gasteiger partial charge in [-0.05, 0) is 40.0 Å². The van der Waals surface area contributed by atoms with Gasteiger partial charge in [-0.2, -0.15) is 0 Å². The Balaban J connectivity index is -0.0000000174. The number of rotatable bonds is 0. The monoisotopic (exact) mass is 608 g/mol. The van der Waals surface area contributed by atoms with E-state index >= 15 is 0 Å². The predicted molar refractivity (Wildman–Crippen MR) is 88.5 cm³/mol. The summed E-state index contributed by atoms with van der Waals surface area (Å²) in [5.41, 5.74) is 0. The summed E-state index contributed by atoms with van der Waals surface area (Å²) >= 11 is -0.691. The average molecular weight is 608 g/mol. The molecule has 12 heteroatoms. The third-order valence-electron chi connectivity index (χ3n) is 0. The molecule has 0 amide bonds. The molecule has 0 saturated heterocycles. The minimum atomic E-state index is -0.346. The molecule has 136 valence electrons. The van der Waals surface area contributed by atoms with Crippen molar-refractivity contribution in [3.8, 4) is 0 Å². The first-order chi connectivity index (χ1) is 10.3. The molecule has 0 saturated carbocycles. The van der Waals surface area contributed by atoms with Crippen LogP contribution in [0.4, 0.5) is 0 Å². The summed E-state index contributed by atoms with van der Waals surface area (Å²) in [7, 11) is 20.2. The topological polar surface area (TPSA) is 79.6 Å². The van der Waals surface area contributed by atoms with Gasteiger partial charge < -0.3 is 0 Å². The van der Waals surface area contributed by atoms with Crippen LogP contribution in [0.5, 0.6) is 0 Å². The van der Waals surface area contributed by atoms with E-state index in [9.17, 15) is 0 Å². The third kappa shape index (κ3) is 2020. The second-order valence-electron chi connectivity index (χ2n) is 2.78. The minimum absolute atomic E-state index is 0.346. The Kier molecular flexibility index (Phi) is 248. The number of hydrogen-bond donors (Lipinski definition) is 0. The molecule has 4 nitrogen and oxygen atoms in total. The van der Waals surface area contributed by atoms with Crippen LogP contribution in [0.2, 0.25) is 0 Å². The van der Waals surface area contributed by atoms with Gasteiger partial charge in [0.25, 0.3) is 0 Å². The van der Waals surface area contributed by atoms with Gasteiger partial charge in [-0.25, -0.2) is 0 Å². The van der Waals surface area contributed by atoms with Gasteiger partial charge in [0.15, 0.2) is 0 Å². The molecule has 0 aliphatic carbocycles. The van der Waals surface area contributed by atoms with Crippen molar-refractivity contribution in [3.63, 3.8) is 0 Å². The van der Waals surface area contributed by atoms with Gasteiger partial charge in [-0.3, -0.25) is 0 Å². The molecular weight excluding hydrogens is 590 g/mol. The van der Waals surface area contributed by atoms with Crippen LogP contribution < -0.4 is 0 Å². The summed E-state index contributed by atoms with van der Waals surface area (Å²) < 4.78 is 30.0. The van der Waals surface area contributed by atoms with Gasteiger partial charge in [0, 0.05) is 0 Å². The van der Waals surface area contributed by atoms with Crippen LogP contribution in [-0.2, 0) is 48.9 Å². The molecule has 0 aliphatic rings. The molecule has 0 aliphatic heterocycles. The standard InChI is InChI=1S/2C3H9P.4CO.4ClH.2Ru/c2*1-4(2)3;4*1-2;;;;;;/h2*1-3H3;;;;;4*1H;;/q;;;;;;;;;;2*+2/p-4. The molecule has 0 spiro atoms. The molecule has 0 aromatic heterocycles. The first kappa shape index (κ1) is 49.6. The first-order valence-corrected chi connectivity index (χ1v) is 18.4. The van der Waals surface area contributed by atoms with Gasteiger partial charge in [0.2, 0.25) is 0 Å². The molecule has 0 fully saturated rings. The summed E-state index contributed by atoms with van der Waals surface area (Å²) in [6.45, 7) is 31.4. The Morgan fingerprint density at radius 1 is 0.500 bits per heavy atom. The molecule has 0 N–H and O–H groups in total. The van der Waals surface area contributed by atoms with Crippen LogP contribution in [0.15, 0.2) is 0 Å². The molecule has 0 unspecified atom stereocenters. The maximum atomic E-state index is 7.50. The summed E-state index contributed by atoms with van der Waals surface area (Å²) in [4.78, 5) is 0. The zero-order valence-electron chi connectivity index (χ0n) is 12.7. The van der Waals surface area contributed by atoms with Crippen molar-refractivity contribution in [1.29, 1.82) is 0 Å². The Bertz CT molecular complexity index is 157. The van der Waals surface area contributed by atoms with E-state index in [1.165, 1.54) is 0 Å². The van der Waals surface area contributed by atoms with Gasteiger partial charge in [0.05, 0.1) is 0 Å². The number of halogens is 4. The van der Waals surface area contributed by atoms with E-state index in [0.717, 1.165) is 0 Å². The van der Waals surface area contributed by atoms with E-state index in [1.54, 1.807) is 0 Å². The van der Waals surface area contributed by atoms with Gasteiger partial charge in [-0.1, -0.05) is 0 Å². The van der Waals surface area contributed by atoms with E-state index in [-0.39, 0.29) is 30.3 Å². The summed E-state index contributed by atoms with van der Waals surface area (Å²) in [5, 5.41) is 0. The zero-order valence-corrected chi connectivity index (χ0v) is 21.0. The summed E-state index contributed by atoms with van der Waals surface area (Å²) in [5.74, 6) is 0. The van der Waals surface area contributed by atoms with Crippen molar-refractivity contribution < 1.29 is 48.9 Å². The van der Waals surface area contributed by atoms with Crippen LogP contribution in [0.1, 0.15) is 0 Å². The fourth-order valence-electron chi connectivity index (χ4n) is 0. The predicted octanol–water partition coefficient (Wildman–Crippen LogP) is 5.32. The molecule has 22 heavy (non-hydrogen) atoms. The molecule has 0 aromatic rings. The Morgan fingerprint density at radius 3 is 0.500 bits per heavy atom. The van der Waals surface area contributed by atoms with Crippen LogP contribution in [0, 0.1) is 26.6 Å². The molecule has 0 atom stereocenters. The Hall–Kier alpha value is 2.23. The fraction of sp³-hybridized carbons (Fsp3) is 0.600. The van der Waals surface area contributed by atoms with E-state index in [0.29, 0.717) is 15.8 Å². The SMILES string of the molecule is CP(C)C.CP(C)C.[C-]#[O+].[C-]#[O+].[C-]#[O+].[C-]#[O+].[Cl][Ru][Cl].[Cl][Ru][Cl]. The number of hydrogen-bond acceptors (Lipinski definition) is 0. The molecule has 0 radical (unpaired) electrons. The summed E-state index contributed by atoms with van der Waals surface area (Å²) in [6.07, 6.45) is 0. The average Bonchev–Trinajstić information content (AvgIpc) is 2.47. The van der Waals surface area contributed by atoms with Gasteiger partial charge in [-0.15, -0.1) is 15.8 Å². The Morgan fingerprint density at radius 2 is 0.500 bits per heavy atom. The van der Waals surface area contributed by atoms with Crippen molar-refractivity contribution in [2.24, 2.45) is 0 Å². The molecule has 0 aromatic carbocycles. The zero-order chi connectivity index (χ0) is 20.6. The van der Waals surface area contributed by atoms with Gasteiger partial charge in [0.1, 0.15) is 0 Å². The van der Waals surface area contributed by atoms with E-state index < -0.39 is 0 Å². The van der Waals surface area contributed by atoms with Crippen LogP contribution >= 0.6 is 54.6 Å². The van der Waals surface area contributed by atoms with E-state index in [2.05, 4.69) is 66.6 Å². The van der Waals surface area contributed by atoms with Crippen molar-refractivity contribution in [3.05, 3.63) is 26.6 Å². The van der Waals surface area contributed by atoms with Crippen LogP contribution in [0.3, 0.4) is 0 Å². The van der Waals surface area contributed by atoms with E-state index in [1.807, 2.05) is 0 Å². The van der Waals surface area contributed by atoms with Crippen molar-refractivity contribution in [1.82, 2.24) is 0 Å². The quantitative estimate of drug-likeness (QED) is 0.155. The van der Waals surface area contributed by atoms with Crippen LogP contribution in [0.25, 0.3) is 0 Å². The Labute approximate surface area is 168 Å². The molecule has 0 rings (SSSR count). The van der Waals surface area contributed by atoms with Crippen molar-refractivity contribution in [2.75, 3.05) is 40.0 Å². The van der Waals surface area contributed by atoms with E-state index in [4.69, 9.17) is 57.4 Å².